The van der Waals surface area contributed by atoms with Gasteiger partial charge >= 0.3 is 0 Å². The molecular formula is C12H18O3S. The van der Waals surface area contributed by atoms with E-state index in [9.17, 15) is 4.79 Å². The van der Waals surface area contributed by atoms with Gasteiger partial charge in [0.25, 0.3) is 0 Å². The van der Waals surface area contributed by atoms with Crippen LogP contribution in [0.15, 0.2) is 6.07 Å². The van der Waals surface area contributed by atoms with E-state index in [0.717, 1.165) is 16.9 Å². The van der Waals surface area contributed by atoms with E-state index in [0.29, 0.717) is 13.2 Å². The Bertz CT molecular complexity index is 344. The molecule has 0 fully saturated rings. The van der Waals surface area contributed by atoms with Crippen molar-refractivity contribution < 1.29 is 14.3 Å². The van der Waals surface area contributed by atoms with Crippen molar-refractivity contribution in [2.24, 2.45) is 0 Å². The highest BCUT2D eigenvalue weighted by atomic mass is 32.1. The van der Waals surface area contributed by atoms with Crippen LogP contribution in [0.4, 0.5) is 0 Å². The highest BCUT2D eigenvalue weighted by molar-refractivity contribution is 7.12. The zero-order valence-electron chi connectivity index (χ0n) is 10.0. The molecule has 0 unspecified atom stereocenters. The number of thiophene rings is 1. The number of Topliss-reactive ketones (excluding diaryl/α,β-unsaturated/α-hetero) is 1. The molecular weight excluding hydrogens is 224 g/mol. The van der Waals surface area contributed by atoms with Gasteiger partial charge in [-0.3, -0.25) is 4.79 Å². The van der Waals surface area contributed by atoms with E-state index in [1.165, 1.54) is 4.88 Å². The molecule has 0 aromatic carbocycles. The number of aryl methyl sites for hydroxylation is 2. The van der Waals surface area contributed by atoms with E-state index in [4.69, 9.17) is 9.47 Å². The average molecular weight is 242 g/mol. The summed E-state index contributed by atoms with van der Waals surface area (Å²) in [7, 11) is 1.66. The number of hydrogen-bond donors (Lipinski definition) is 0. The van der Waals surface area contributed by atoms with Crippen LogP contribution in [0.25, 0.3) is 0 Å². The third-order valence-electron chi connectivity index (χ3n) is 2.21. The lowest BCUT2D eigenvalue weighted by atomic mass is 10.2. The van der Waals surface area contributed by atoms with Crippen LogP contribution < -0.4 is 0 Å². The van der Waals surface area contributed by atoms with Crippen LogP contribution >= 0.6 is 11.3 Å². The Morgan fingerprint density at radius 1 is 1.38 bits per heavy atom. The Labute approximate surface area is 100 Å². The number of carbonyl (C=O) groups is 1. The first-order valence-corrected chi connectivity index (χ1v) is 6.13. The van der Waals surface area contributed by atoms with E-state index in [1.807, 2.05) is 19.9 Å². The van der Waals surface area contributed by atoms with Crippen LogP contribution in [0.2, 0.25) is 0 Å². The molecule has 0 saturated heterocycles. The second kappa shape index (κ2) is 6.78. The summed E-state index contributed by atoms with van der Waals surface area (Å²) in [6, 6.07) is 1.93. The zero-order valence-corrected chi connectivity index (χ0v) is 10.9. The summed E-state index contributed by atoms with van der Waals surface area (Å²) in [5.41, 5.74) is 0.800. The van der Waals surface area contributed by atoms with E-state index < -0.39 is 0 Å². The maximum Gasteiger partial charge on any atom is 0.189 e. The van der Waals surface area contributed by atoms with Crippen LogP contribution in [0.3, 0.4) is 0 Å². The van der Waals surface area contributed by atoms with E-state index >= 15 is 0 Å². The SMILES string of the molecule is COCCCOCC(=O)c1cc(C)sc1C. The summed E-state index contributed by atoms with van der Waals surface area (Å²) >= 11 is 1.65. The fourth-order valence-corrected chi connectivity index (χ4v) is 2.40. The van der Waals surface area contributed by atoms with Crippen molar-refractivity contribution in [2.75, 3.05) is 26.9 Å². The summed E-state index contributed by atoms with van der Waals surface area (Å²) in [5.74, 6) is 0.0688. The minimum atomic E-state index is 0.0688. The molecule has 90 valence electrons. The largest absolute Gasteiger partial charge is 0.385 e. The van der Waals surface area contributed by atoms with Gasteiger partial charge in [0.05, 0.1) is 0 Å². The molecule has 0 amide bonds. The van der Waals surface area contributed by atoms with Crippen molar-refractivity contribution in [2.45, 2.75) is 20.3 Å². The molecule has 0 N–H and O–H groups in total. The molecule has 0 radical (unpaired) electrons. The molecule has 1 aromatic rings. The standard InChI is InChI=1S/C12H18O3S/c1-9-7-11(10(2)16-9)12(13)8-15-6-4-5-14-3/h7H,4-6,8H2,1-3H3. The predicted molar refractivity (Wildman–Crippen MR) is 65.4 cm³/mol. The Kier molecular flexibility index (Phi) is 5.66. The Morgan fingerprint density at radius 2 is 2.12 bits per heavy atom. The fourth-order valence-electron chi connectivity index (χ4n) is 1.46. The smallest absolute Gasteiger partial charge is 0.189 e. The maximum atomic E-state index is 11.8. The summed E-state index contributed by atoms with van der Waals surface area (Å²) in [6.07, 6.45) is 0.825. The van der Waals surface area contributed by atoms with Gasteiger partial charge in [-0.15, -0.1) is 11.3 Å². The summed E-state index contributed by atoms with van der Waals surface area (Å²) < 4.78 is 10.2. The van der Waals surface area contributed by atoms with Crippen LogP contribution in [-0.4, -0.2) is 32.7 Å². The lowest BCUT2D eigenvalue weighted by Crippen LogP contribution is -2.10. The molecule has 1 aromatic heterocycles. The normalized spacial score (nSPS) is 10.7. The Morgan fingerprint density at radius 3 is 2.69 bits per heavy atom. The Hall–Kier alpha value is -0.710. The van der Waals surface area contributed by atoms with Crippen molar-refractivity contribution in [3.63, 3.8) is 0 Å². The van der Waals surface area contributed by atoms with Crippen molar-refractivity contribution in [1.29, 1.82) is 0 Å². The molecule has 1 rings (SSSR count). The van der Waals surface area contributed by atoms with Crippen molar-refractivity contribution in [1.82, 2.24) is 0 Å². The predicted octanol–water partition coefficient (Wildman–Crippen LogP) is 2.60. The van der Waals surface area contributed by atoms with E-state index in [1.54, 1.807) is 18.4 Å². The molecule has 0 saturated carbocycles. The summed E-state index contributed by atoms with van der Waals surface area (Å²) in [5, 5.41) is 0. The van der Waals surface area contributed by atoms with Crippen molar-refractivity contribution >= 4 is 17.1 Å². The highest BCUT2D eigenvalue weighted by Gasteiger charge is 2.11. The third kappa shape index (κ3) is 4.04. The minimum Gasteiger partial charge on any atom is -0.385 e. The summed E-state index contributed by atoms with van der Waals surface area (Å²) in [4.78, 5) is 14.0. The van der Waals surface area contributed by atoms with Crippen LogP contribution in [0.1, 0.15) is 26.5 Å². The zero-order chi connectivity index (χ0) is 12.0. The molecule has 0 aliphatic rings. The lowest BCUT2D eigenvalue weighted by Gasteiger charge is -2.02. The number of ether oxygens (including phenoxy) is 2. The van der Waals surface area contributed by atoms with Crippen LogP contribution in [0.5, 0.6) is 0 Å². The second-order valence-electron chi connectivity index (χ2n) is 3.65. The first kappa shape index (κ1) is 13.4. The number of methoxy groups -OCH3 is 1. The Balaban J connectivity index is 2.33. The molecule has 1 heterocycles. The molecule has 16 heavy (non-hydrogen) atoms. The van der Waals surface area contributed by atoms with Gasteiger partial charge in [0.1, 0.15) is 6.61 Å². The first-order valence-electron chi connectivity index (χ1n) is 5.32. The molecule has 0 aliphatic heterocycles. The van der Waals surface area contributed by atoms with Gasteiger partial charge in [-0.25, -0.2) is 0 Å². The molecule has 0 spiro atoms. The second-order valence-corrected chi connectivity index (χ2v) is 5.11. The number of ketones is 1. The van der Waals surface area contributed by atoms with Gasteiger partial charge in [-0.2, -0.15) is 0 Å². The van der Waals surface area contributed by atoms with Gasteiger partial charge in [-0.1, -0.05) is 0 Å². The van der Waals surface area contributed by atoms with Gasteiger partial charge in [0, 0.05) is 35.6 Å². The minimum absolute atomic E-state index is 0.0688. The molecule has 0 aliphatic carbocycles. The lowest BCUT2D eigenvalue weighted by molar-refractivity contribution is 0.0705. The van der Waals surface area contributed by atoms with Gasteiger partial charge in [0.15, 0.2) is 5.78 Å². The first-order chi connectivity index (χ1) is 7.65. The maximum absolute atomic E-state index is 11.8. The van der Waals surface area contributed by atoms with Gasteiger partial charge in [-0.05, 0) is 26.3 Å². The van der Waals surface area contributed by atoms with E-state index in [2.05, 4.69) is 0 Å². The number of carbonyl (C=O) groups excluding carboxylic acids is 1. The number of rotatable bonds is 7. The van der Waals surface area contributed by atoms with Crippen LogP contribution in [0, 0.1) is 13.8 Å². The molecule has 3 nitrogen and oxygen atoms in total. The van der Waals surface area contributed by atoms with Gasteiger partial charge < -0.3 is 9.47 Å². The van der Waals surface area contributed by atoms with Gasteiger partial charge in [0.2, 0.25) is 0 Å². The monoisotopic (exact) mass is 242 g/mol. The topological polar surface area (TPSA) is 35.5 Å². The highest BCUT2D eigenvalue weighted by Crippen LogP contribution is 2.20. The molecule has 0 bridgehead atoms. The summed E-state index contributed by atoms with van der Waals surface area (Å²) in [6.45, 7) is 5.39. The van der Waals surface area contributed by atoms with E-state index in [-0.39, 0.29) is 12.4 Å². The average Bonchev–Trinajstić information content (AvgIpc) is 2.57. The number of hydrogen-bond acceptors (Lipinski definition) is 4. The van der Waals surface area contributed by atoms with Crippen LogP contribution in [-0.2, 0) is 9.47 Å². The molecule has 4 heteroatoms. The fraction of sp³-hybridized carbons (Fsp3) is 0.583. The quantitative estimate of drug-likeness (QED) is 0.544. The van der Waals surface area contributed by atoms with Crippen molar-refractivity contribution in [3.8, 4) is 0 Å². The van der Waals surface area contributed by atoms with Crippen molar-refractivity contribution in [3.05, 3.63) is 21.4 Å². The molecule has 0 atom stereocenters. The third-order valence-corrected chi connectivity index (χ3v) is 3.18.